The van der Waals surface area contributed by atoms with Crippen molar-refractivity contribution in [3.05, 3.63) is 65.5 Å². The minimum absolute atomic E-state index is 0.132. The molecular formula is C17H18FNO. The van der Waals surface area contributed by atoms with E-state index >= 15 is 0 Å². The molecule has 0 bridgehead atoms. The first-order chi connectivity index (χ1) is 9.70. The van der Waals surface area contributed by atoms with Crippen LogP contribution in [-0.4, -0.2) is 17.5 Å². The van der Waals surface area contributed by atoms with Crippen LogP contribution in [0.4, 0.5) is 4.39 Å². The molecule has 0 aliphatic carbocycles. The molecule has 1 aliphatic rings. The summed E-state index contributed by atoms with van der Waals surface area (Å²) in [7, 11) is 0. The molecule has 2 nitrogen and oxygen atoms in total. The maximum absolute atomic E-state index is 13.3. The van der Waals surface area contributed by atoms with Gasteiger partial charge in [0.15, 0.2) is 0 Å². The van der Waals surface area contributed by atoms with Crippen LogP contribution in [0.5, 0.6) is 5.75 Å². The van der Waals surface area contributed by atoms with Gasteiger partial charge in [0.2, 0.25) is 0 Å². The molecule has 20 heavy (non-hydrogen) atoms. The Morgan fingerprint density at radius 2 is 2.05 bits per heavy atom. The molecule has 1 heterocycles. The molecule has 0 fully saturated rings. The highest BCUT2D eigenvalue weighted by Crippen LogP contribution is 2.25. The number of ether oxygens (including phenoxy) is 1. The molecule has 1 aliphatic heterocycles. The quantitative estimate of drug-likeness (QED) is 0.827. The second kappa shape index (κ2) is 5.63. The van der Waals surface area contributed by atoms with E-state index in [-0.39, 0.29) is 11.9 Å². The van der Waals surface area contributed by atoms with Gasteiger partial charge in [-0.1, -0.05) is 30.3 Å². The van der Waals surface area contributed by atoms with Crippen LogP contribution < -0.4 is 4.74 Å². The normalized spacial score (nSPS) is 19.0. The summed E-state index contributed by atoms with van der Waals surface area (Å²) in [6, 6.07) is 14.9. The van der Waals surface area contributed by atoms with Crippen molar-refractivity contribution < 1.29 is 9.13 Å². The number of nitrogens with zero attached hydrogens (tertiary/aromatic N) is 1. The van der Waals surface area contributed by atoms with Crippen molar-refractivity contribution >= 4 is 0 Å². The van der Waals surface area contributed by atoms with Crippen LogP contribution in [0.2, 0.25) is 0 Å². The number of hydrogen-bond acceptors (Lipinski definition) is 2. The monoisotopic (exact) mass is 271 g/mol. The van der Waals surface area contributed by atoms with E-state index in [4.69, 9.17) is 4.74 Å². The molecule has 0 spiro atoms. The summed E-state index contributed by atoms with van der Waals surface area (Å²) in [5, 5.41) is 0. The molecule has 0 unspecified atom stereocenters. The van der Waals surface area contributed by atoms with E-state index < -0.39 is 0 Å². The summed E-state index contributed by atoms with van der Waals surface area (Å²) in [6.45, 7) is 4.47. The van der Waals surface area contributed by atoms with Crippen molar-refractivity contribution in [2.24, 2.45) is 0 Å². The summed E-state index contributed by atoms with van der Waals surface area (Å²) in [6.07, 6.45) is 0.132. The predicted molar refractivity (Wildman–Crippen MR) is 77.0 cm³/mol. The fraction of sp³-hybridized carbons (Fsp3) is 0.294. The first-order valence-electron chi connectivity index (χ1n) is 6.92. The highest BCUT2D eigenvalue weighted by atomic mass is 19.1. The van der Waals surface area contributed by atoms with E-state index in [0.717, 1.165) is 30.9 Å². The number of halogens is 1. The molecule has 1 atom stereocenters. The Balaban J connectivity index is 1.80. The molecule has 0 radical (unpaired) electrons. The zero-order valence-electron chi connectivity index (χ0n) is 11.6. The molecule has 104 valence electrons. The molecule has 3 rings (SSSR count). The van der Waals surface area contributed by atoms with E-state index in [0.29, 0.717) is 0 Å². The van der Waals surface area contributed by atoms with E-state index in [9.17, 15) is 4.39 Å². The lowest BCUT2D eigenvalue weighted by Gasteiger charge is -2.21. The molecule has 0 saturated heterocycles. The summed E-state index contributed by atoms with van der Waals surface area (Å²) in [5.74, 6) is 0.781. The molecule has 0 amide bonds. The smallest absolute Gasteiger partial charge is 0.124 e. The predicted octanol–water partition coefficient (Wildman–Crippen LogP) is 3.61. The van der Waals surface area contributed by atoms with E-state index in [2.05, 4.69) is 17.9 Å². The third kappa shape index (κ3) is 2.99. The Morgan fingerprint density at radius 1 is 1.20 bits per heavy atom. The van der Waals surface area contributed by atoms with E-state index in [1.165, 1.54) is 11.6 Å². The molecule has 2 aromatic rings. The lowest BCUT2D eigenvalue weighted by atomic mass is 10.1. The number of para-hydroxylation sites is 1. The van der Waals surface area contributed by atoms with Crippen molar-refractivity contribution in [3.63, 3.8) is 0 Å². The van der Waals surface area contributed by atoms with Crippen LogP contribution in [0.3, 0.4) is 0 Å². The molecule has 0 saturated carbocycles. The van der Waals surface area contributed by atoms with Gasteiger partial charge >= 0.3 is 0 Å². The van der Waals surface area contributed by atoms with Gasteiger partial charge in [-0.05, 0) is 30.7 Å². The molecule has 0 aromatic heterocycles. The van der Waals surface area contributed by atoms with E-state index in [1.807, 2.05) is 24.3 Å². The van der Waals surface area contributed by atoms with Gasteiger partial charge in [0.25, 0.3) is 0 Å². The topological polar surface area (TPSA) is 12.5 Å². The van der Waals surface area contributed by atoms with Crippen LogP contribution in [0.1, 0.15) is 18.1 Å². The number of benzene rings is 2. The summed E-state index contributed by atoms with van der Waals surface area (Å²) >= 11 is 0. The van der Waals surface area contributed by atoms with Gasteiger partial charge in [-0.3, -0.25) is 4.90 Å². The van der Waals surface area contributed by atoms with Crippen molar-refractivity contribution in [2.45, 2.75) is 26.1 Å². The summed E-state index contributed by atoms with van der Waals surface area (Å²) in [5.41, 5.74) is 2.19. The van der Waals surface area contributed by atoms with Gasteiger partial charge in [0.05, 0.1) is 0 Å². The van der Waals surface area contributed by atoms with Gasteiger partial charge in [0.1, 0.15) is 17.7 Å². The Morgan fingerprint density at radius 3 is 2.90 bits per heavy atom. The number of hydrogen-bond donors (Lipinski definition) is 0. The highest BCUT2D eigenvalue weighted by Gasteiger charge is 2.19. The Kier molecular flexibility index (Phi) is 3.70. The standard InChI is InChI=1S/C17H18FNO/c1-13-10-19(11-14-5-4-7-16(18)9-14)12-15-6-2-3-8-17(15)20-13/h2-9,13H,10-12H2,1H3/t13-/m0/s1. The fourth-order valence-corrected chi connectivity index (χ4v) is 2.69. The first kappa shape index (κ1) is 13.1. The Hall–Kier alpha value is -1.87. The van der Waals surface area contributed by atoms with Crippen LogP contribution in [0.15, 0.2) is 48.5 Å². The third-order valence-corrected chi connectivity index (χ3v) is 3.51. The number of fused-ring (bicyclic) bond motifs is 1. The lowest BCUT2D eigenvalue weighted by Crippen LogP contribution is -2.30. The molecular weight excluding hydrogens is 253 g/mol. The van der Waals surface area contributed by atoms with Gasteiger partial charge in [0, 0.05) is 25.2 Å². The third-order valence-electron chi connectivity index (χ3n) is 3.51. The van der Waals surface area contributed by atoms with Gasteiger partial charge in [-0.2, -0.15) is 0 Å². The Bertz CT molecular complexity index is 599. The summed E-state index contributed by atoms with van der Waals surface area (Å²) in [4.78, 5) is 2.30. The maximum atomic E-state index is 13.3. The largest absolute Gasteiger partial charge is 0.489 e. The van der Waals surface area contributed by atoms with Crippen LogP contribution in [-0.2, 0) is 13.1 Å². The molecule has 0 N–H and O–H groups in total. The zero-order valence-corrected chi connectivity index (χ0v) is 11.6. The van der Waals surface area contributed by atoms with Gasteiger partial charge in [-0.25, -0.2) is 4.39 Å². The van der Waals surface area contributed by atoms with Crippen LogP contribution in [0.25, 0.3) is 0 Å². The van der Waals surface area contributed by atoms with Crippen molar-refractivity contribution in [1.29, 1.82) is 0 Å². The minimum Gasteiger partial charge on any atom is -0.489 e. The van der Waals surface area contributed by atoms with E-state index in [1.54, 1.807) is 12.1 Å². The summed E-state index contributed by atoms with van der Waals surface area (Å²) < 4.78 is 19.2. The zero-order chi connectivity index (χ0) is 13.9. The average molecular weight is 271 g/mol. The molecule has 2 aromatic carbocycles. The van der Waals surface area contributed by atoms with Gasteiger partial charge in [-0.15, -0.1) is 0 Å². The highest BCUT2D eigenvalue weighted by molar-refractivity contribution is 5.34. The average Bonchev–Trinajstić information content (AvgIpc) is 2.56. The van der Waals surface area contributed by atoms with Crippen LogP contribution >= 0.6 is 0 Å². The fourth-order valence-electron chi connectivity index (χ4n) is 2.69. The second-order valence-corrected chi connectivity index (χ2v) is 5.34. The second-order valence-electron chi connectivity index (χ2n) is 5.34. The Labute approximate surface area is 118 Å². The number of rotatable bonds is 2. The van der Waals surface area contributed by atoms with Crippen LogP contribution in [0, 0.1) is 5.82 Å². The van der Waals surface area contributed by atoms with Gasteiger partial charge < -0.3 is 4.74 Å². The van der Waals surface area contributed by atoms with Crippen molar-refractivity contribution in [2.75, 3.05) is 6.54 Å². The van der Waals surface area contributed by atoms with Crippen molar-refractivity contribution in [1.82, 2.24) is 4.90 Å². The molecule has 3 heteroatoms. The first-order valence-corrected chi connectivity index (χ1v) is 6.92. The lowest BCUT2D eigenvalue weighted by molar-refractivity contribution is 0.156. The minimum atomic E-state index is -0.179. The van der Waals surface area contributed by atoms with Crippen molar-refractivity contribution in [3.8, 4) is 5.75 Å². The SMILES string of the molecule is C[C@H]1CN(Cc2cccc(F)c2)Cc2ccccc2O1. The maximum Gasteiger partial charge on any atom is 0.124 e.